The summed E-state index contributed by atoms with van der Waals surface area (Å²) >= 11 is 0. The van der Waals surface area contributed by atoms with Crippen molar-refractivity contribution in [3.05, 3.63) is 59.2 Å². The lowest BCUT2D eigenvalue weighted by molar-refractivity contribution is 0.0449. The maximum atomic E-state index is 12.1. The number of rotatable bonds is 6. The van der Waals surface area contributed by atoms with E-state index in [0.717, 1.165) is 11.8 Å². The third kappa shape index (κ3) is 4.83. The predicted octanol–water partition coefficient (Wildman–Crippen LogP) is 2.94. The van der Waals surface area contributed by atoms with E-state index in [1.807, 2.05) is 31.2 Å². The van der Waals surface area contributed by atoms with E-state index in [1.165, 1.54) is 12.1 Å². The van der Waals surface area contributed by atoms with E-state index >= 15 is 0 Å². The number of ether oxygens (including phenoxy) is 2. The van der Waals surface area contributed by atoms with Crippen LogP contribution in [0.5, 0.6) is 5.75 Å². The Labute approximate surface area is 142 Å². The Morgan fingerprint density at radius 3 is 2.46 bits per heavy atom. The van der Waals surface area contributed by atoms with E-state index < -0.39 is 15.8 Å². The van der Waals surface area contributed by atoms with Gasteiger partial charge in [-0.2, -0.15) is 0 Å². The standard InChI is InChI=1S/C18H20O5S/c1-13-5-4-6-15(11-13)22-9-10-23-18(19)17-12-16(24(3,20)21)8-7-14(17)2/h4-8,11-12H,9-10H2,1-3H3. The first-order valence-electron chi connectivity index (χ1n) is 7.44. The molecule has 0 fully saturated rings. The van der Waals surface area contributed by atoms with Crippen molar-refractivity contribution in [2.24, 2.45) is 0 Å². The zero-order valence-electron chi connectivity index (χ0n) is 13.9. The van der Waals surface area contributed by atoms with Gasteiger partial charge in [0.05, 0.1) is 10.5 Å². The summed E-state index contributed by atoms with van der Waals surface area (Å²) < 4.78 is 33.9. The molecule has 0 aliphatic rings. The molecule has 24 heavy (non-hydrogen) atoms. The van der Waals surface area contributed by atoms with E-state index in [-0.39, 0.29) is 23.7 Å². The molecule has 0 spiro atoms. The van der Waals surface area contributed by atoms with E-state index in [0.29, 0.717) is 11.3 Å². The van der Waals surface area contributed by atoms with Gasteiger partial charge in [0, 0.05) is 6.26 Å². The number of hydrogen-bond donors (Lipinski definition) is 0. The van der Waals surface area contributed by atoms with Crippen molar-refractivity contribution in [3.8, 4) is 5.75 Å². The van der Waals surface area contributed by atoms with E-state index in [1.54, 1.807) is 13.0 Å². The topological polar surface area (TPSA) is 69.7 Å². The molecule has 0 N–H and O–H groups in total. The van der Waals surface area contributed by atoms with Crippen molar-refractivity contribution in [1.82, 2.24) is 0 Å². The van der Waals surface area contributed by atoms with Gasteiger partial charge in [-0.05, 0) is 49.2 Å². The molecule has 0 unspecified atom stereocenters. The van der Waals surface area contributed by atoms with Gasteiger partial charge < -0.3 is 9.47 Å². The Morgan fingerprint density at radius 1 is 1.04 bits per heavy atom. The maximum Gasteiger partial charge on any atom is 0.338 e. The highest BCUT2D eigenvalue weighted by Gasteiger charge is 2.15. The van der Waals surface area contributed by atoms with Crippen LogP contribution in [0.1, 0.15) is 21.5 Å². The monoisotopic (exact) mass is 348 g/mol. The molecule has 6 heteroatoms. The lowest BCUT2D eigenvalue weighted by Crippen LogP contribution is -2.14. The fourth-order valence-corrected chi connectivity index (χ4v) is 2.78. The first kappa shape index (κ1) is 18.0. The van der Waals surface area contributed by atoms with Crippen LogP contribution in [0.25, 0.3) is 0 Å². The minimum Gasteiger partial charge on any atom is -0.490 e. The molecule has 0 saturated heterocycles. The van der Waals surface area contributed by atoms with Crippen LogP contribution in [0.4, 0.5) is 0 Å². The zero-order valence-corrected chi connectivity index (χ0v) is 14.7. The molecular formula is C18H20O5S. The maximum absolute atomic E-state index is 12.1. The van der Waals surface area contributed by atoms with Crippen molar-refractivity contribution in [1.29, 1.82) is 0 Å². The average molecular weight is 348 g/mol. The molecular weight excluding hydrogens is 328 g/mol. The fraction of sp³-hybridized carbons (Fsp3) is 0.278. The second kappa shape index (κ2) is 7.49. The molecule has 0 aromatic heterocycles. The minimum absolute atomic E-state index is 0.0787. The summed E-state index contributed by atoms with van der Waals surface area (Å²) in [5.74, 6) is 0.146. The van der Waals surface area contributed by atoms with Crippen molar-refractivity contribution in [2.75, 3.05) is 19.5 Å². The number of hydrogen-bond acceptors (Lipinski definition) is 5. The van der Waals surface area contributed by atoms with Gasteiger partial charge >= 0.3 is 5.97 Å². The Bertz CT molecular complexity index is 840. The van der Waals surface area contributed by atoms with E-state index in [4.69, 9.17) is 9.47 Å². The summed E-state index contributed by atoms with van der Waals surface area (Å²) in [5, 5.41) is 0. The molecule has 0 heterocycles. The quantitative estimate of drug-likeness (QED) is 0.593. The molecule has 2 aromatic rings. The van der Waals surface area contributed by atoms with Crippen LogP contribution < -0.4 is 4.74 Å². The van der Waals surface area contributed by atoms with Crippen LogP contribution in [0.15, 0.2) is 47.4 Å². The van der Waals surface area contributed by atoms with Gasteiger partial charge in [-0.25, -0.2) is 13.2 Å². The third-order valence-corrected chi connectivity index (χ3v) is 4.54. The van der Waals surface area contributed by atoms with Crippen molar-refractivity contribution >= 4 is 15.8 Å². The van der Waals surface area contributed by atoms with E-state index in [9.17, 15) is 13.2 Å². The highest BCUT2D eigenvalue weighted by Crippen LogP contribution is 2.17. The van der Waals surface area contributed by atoms with E-state index in [2.05, 4.69) is 0 Å². The molecule has 0 saturated carbocycles. The highest BCUT2D eigenvalue weighted by molar-refractivity contribution is 7.90. The highest BCUT2D eigenvalue weighted by atomic mass is 32.2. The first-order chi connectivity index (χ1) is 11.3. The number of carbonyl (C=O) groups excluding carboxylic acids is 1. The summed E-state index contributed by atoms with van der Waals surface area (Å²) in [6, 6.07) is 12.0. The lowest BCUT2D eigenvalue weighted by Gasteiger charge is -2.10. The molecule has 5 nitrogen and oxygen atoms in total. The molecule has 2 aromatic carbocycles. The van der Waals surface area contributed by atoms with Crippen LogP contribution in [0.2, 0.25) is 0 Å². The molecule has 0 aliphatic heterocycles. The van der Waals surface area contributed by atoms with Crippen LogP contribution in [0, 0.1) is 13.8 Å². The largest absolute Gasteiger partial charge is 0.490 e. The van der Waals surface area contributed by atoms with Gasteiger partial charge in [0.15, 0.2) is 9.84 Å². The molecule has 0 bridgehead atoms. The number of sulfone groups is 1. The second-order valence-electron chi connectivity index (χ2n) is 5.55. The summed E-state index contributed by atoms with van der Waals surface area (Å²) in [5.41, 5.74) is 1.98. The van der Waals surface area contributed by atoms with Gasteiger partial charge in [0.2, 0.25) is 0 Å². The van der Waals surface area contributed by atoms with Gasteiger partial charge in [0.25, 0.3) is 0 Å². The van der Waals surface area contributed by atoms with Crippen LogP contribution in [0.3, 0.4) is 0 Å². The minimum atomic E-state index is -3.37. The van der Waals surface area contributed by atoms with Crippen molar-refractivity contribution in [2.45, 2.75) is 18.7 Å². The predicted molar refractivity (Wildman–Crippen MR) is 91.2 cm³/mol. The van der Waals surface area contributed by atoms with Crippen molar-refractivity contribution in [3.63, 3.8) is 0 Å². The number of aryl methyl sites for hydroxylation is 2. The van der Waals surface area contributed by atoms with Gasteiger partial charge in [-0.1, -0.05) is 18.2 Å². The number of carbonyl (C=O) groups is 1. The molecule has 2 rings (SSSR count). The SMILES string of the molecule is Cc1cccc(OCCOC(=O)c2cc(S(C)(=O)=O)ccc2C)c1. The van der Waals surface area contributed by atoms with Gasteiger partial charge in [-0.15, -0.1) is 0 Å². The summed E-state index contributed by atoms with van der Waals surface area (Å²) in [6.45, 7) is 3.99. The molecule has 0 aliphatic carbocycles. The smallest absolute Gasteiger partial charge is 0.338 e. The van der Waals surface area contributed by atoms with Gasteiger partial charge in [-0.3, -0.25) is 0 Å². The van der Waals surface area contributed by atoms with Crippen LogP contribution in [-0.4, -0.2) is 33.9 Å². The number of esters is 1. The third-order valence-electron chi connectivity index (χ3n) is 3.43. The Morgan fingerprint density at radius 2 is 1.79 bits per heavy atom. The van der Waals surface area contributed by atoms with Crippen LogP contribution in [-0.2, 0) is 14.6 Å². The molecule has 0 radical (unpaired) electrons. The Balaban J connectivity index is 1.95. The zero-order chi connectivity index (χ0) is 17.7. The summed E-state index contributed by atoms with van der Waals surface area (Å²) in [6.07, 6.45) is 1.10. The van der Waals surface area contributed by atoms with Crippen molar-refractivity contribution < 1.29 is 22.7 Å². The molecule has 0 atom stereocenters. The lowest BCUT2D eigenvalue weighted by atomic mass is 10.1. The average Bonchev–Trinajstić information content (AvgIpc) is 2.50. The Hall–Kier alpha value is -2.34. The second-order valence-corrected chi connectivity index (χ2v) is 7.57. The van der Waals surface area contributed by atoms with Crippen LogP contribution >= 0.6 is 0 Å². The number of benzene rings is 2. The first-order valence-corrected chi connectivity index (χ1v) is 9.34. The summed E-state index contributed by atoms with van der Waals surface area (Å²) in [4.78, 5) is 12.2. The molecule has 128 valence electrons. The van der Waals surface area contributed by atoms with Gasteiger partial charge in [0.1, 0.15) is 19.0 Å². The molecule has 0 amide bonds. The summed E-state index contributed by atoms with van der Waals surface area (Å²) in [7, 11) is -3.37. The fourth-order valence-electron chi connectivity index (χ4n) is 2.13. The Kier molecular flexibility index (Phi) is 5.62. The normalized spacial score (nSPS) is 11.1.